The Hall–Kier alpha value is -1.11. The van der Waals surface area contributed by atoms with E-state index in [0.29, 0.717) is 0 Å². The first kappa shape index (κ1) is 15.3. The van der Waals surface area contributed by atoms with Crippen molar-refractivity contribution in [1.29, 1.82) is 0 Å². The standard InChI is InChI=1S/C14H11NO3S.Na.H/c16-19(17,18)12-6-7-13-11(8-12)9-14(15-13)10-4-2-1-3-5-10;;/h1-9,15H,(H,16,17,18);;. The summed E-state index contributed by atoms with van der Waals surface area (Å²) >= 11 is 0. The minimum absolute atomic E-state index is 0. The summed E-state index contributed by atoms with van der Waals surface area (Å²) in [5.74, 6) is 0. The third-order valence-electron chi connectivity index (χ3n) is 2.97. The number of hydrogen-bond donors (Lipinski definition) is 2. The second-order valence-corrected chi connectivity index (χ2v) is 5.69. The molecule has 3 rings (SSSR count). The molecule has 3 aromatic rings. The first-order valence-corrected chi connectivity index (χ1v) is 7.14. The SMILES string of the molecule is O=S(=O)(O)c1ccc2[nH]c(-c3ccccc3)cc2c1.[NaH]. The summed E-state index contributed by atoms with van der Waals surface area (Å²) < 4.78 is 31.2. The van der Waals surface area contributed by atoms with E-state index >= 15 is 0 Å². The van der Waals surface area contributed by atoms with E-state index in [9.17, 15) is 8.42 Å². The van der Waals surface area contributed by atoms with Crippen LogP contribution >= 0.6 is 0 Å². The molecule has 0 aliphatic rings. The normalized spacial score (nSPS) is 11.2. The Morgan fingerprint density at radius 3 is 2.30 bits per heavy atom. The van der Waals surface area contributed by atoms with Crippen molar-refractivity contribution in [3.63, 3.8) is 0 Å². The van der Waals surface area contributed by atoms with E-state index in [2.05, 4.69) is 4.98 Å². The Kier molecular flexibility index (Phi) is 4.36. The molecule has 0 aliphatic carbocycles. The Labute approximate surface area is 138 Å². The molecule has 0 bridgehead atoms. The molecule has 4 nitrogen and oxygen atoms in total. The Morgan fingerprint density at radius 1 is 0.950 bits per heavy atom. The molecule has 2 N–H and O–H groups in total. The van der Waals surface area contributed by atoms with Gasteiger partial charge < -0.3 is 4.98 Å². The minimum atomic E-state index is -4.16. The Balaban J connectivity index is 0.00000147. The molecule has 1 heterocycles. The Bertz CT molecular complexity index is 841. The van der Waals surface area contributed by atoms with Gasteiger partial charge in [0.25, 0.3) is 10.1 Å². The van der Waals surface area contributed by atoms with Crippen LogP contribution in [0, 0.1) is 0 Å². The van der Waals surface area contributed by atoms with Crippen LogP contribution in [-0.4, -0.2) is 47.5 Å². The van der Waals surface area contributed by atoms with Gasteiger partial charge in [-0.05, 0) is 29.8 Å². The molecule has 0 radical (unpaired) electrons. The van der Waals surface area contributed by atoms with Gasteiger partial charge in [-0.25, -0.2) is 0 Å². The fourth-order valence-electron chi connectivity index (χ4n) is 2.04. The average molecular weight is 297 g/mol. The van der Waals surface area contributed by atoms with Gasteiger partial charge in [0.1, 0.15) is 0 Å². The molecule has 0 atom stereocenters. The summed E-state index contributed by atoms with van der Waals surface area (Å²) in [7, 11) is -4.16. The van der Waals surface area contributed by atoms with Gasteiger partial charge in [-0.2, -0.15) is 8.42 Å². The first-order valence-electron chi connectivity index (χ1n) is 5.70. The van der Waals surface area contributed by atoms with Crippen LogP contribution in [-0.2, 0) is 10.1 Å². The van der Waals surface area contributed by atoms with Crippen LogP contribution in [0.15, 0.2) is 59.5 Å². The van der Waals surface area contributed by atoms with Crippen molar-refractivity contribution in [2.24, 2.45) is 0 Å². The number of nitrogens with one attached hydrogen (secondary N) is 1. The van der Waals surface area contributed by atoms with Crippen LogP contribution in [0.4, 0.5) is 0 Å². The molecular formula is C14H12NNaO3S. The molecule has 6 heteroatoms. The van der Waals surface area contributed by atoms with E-state index < -0.39 is 10.1 Å². The van der Waals surface area contributed by atoms with Crippen molar-refractivity contribution in [2.45, 2.75) is 4.90 Å². The maximum absolute atomic E-state index is 11.1. The summed E-state index contributed by atoms with van der Waals surface area (Å²) in [6, 6.07) is 16.1. The molecule has 20 heavy (non-hydrogen) atoms. The predicted octanol–water partition coefficient (Wildman–Crippen LogP) is 2.43. The van der Waals surface area contributed by atoms with Crippen LogP contribution in [0.2, 0.25) is 0 Å². The molecule has 1 aromatic heterocycles. The quantitative estimate of drug-likeness (QED) is 0.564. The number of aromatic nitrogens is 1. The van der Waals surface area contributed by atoms with Crippen molar-refractivity contribution in [3.8, 4) is 11.3 Å². The average Bonchev–Trinajstić information content (AvgIpc) is 2.81. The van der Waals surface area contributed by atoms with Crippen LogP contribution < -0.4 is 0 Å². The molecule has 0 saturated carbocycles. The predicted molar refractivity (Wildman–Crippen MR) is 80.7 cm³/mol. The number of rotatable bonds is 2. The summed E-state index contributed by atoms with van der Waals surface area (Å²) in [5, 5.41) is 0.744. The van der Waals surface area contributed by atoms with E-state index in [1.165, 1.54) is 12.1 Å². The van der Waals surface area contributed by atoms with E-state index in [1.807, 2.05) is 36.4 Å². The van der Waals surface area contributed by atoms with E-state index in [0.717, 1.165) is 22.2 Å². The molecule has 0 fully saturated rings. The number of fused-ring (bicyclic) bond motifs is 1. The number of hydrogen-bond acceptors (Lipinski definition) is 2. The second kappa shape index (κ2) is 5.71. The van der Waals surface area contributed by atoms with Gasteiger partial charge in [0.05, 0.1) is 4.90 Å². The molecular weight excluding hydrogens is 285 g/mol. The van der Waals surface area contributed by atoms with Crippen LogP contribution in [0.1, 0.15) is 0 Å². The third kappa shape index (κ3) is 2.97. The zero-order valence-corrected chi connectivity index (χ0v) is 10.7. The van der Waals surface area contributed by atoms with Gasteiger partial charge in [0, 0.05) is 16.6 Å². The fourth-order valence-corrected chi connectivity index (χ4v) is 2.56. The van der Waals surface area contributed by atoms with Crippen LogP contribution in [0.5, 0.6) is 0 Å². The van der Waals surface area contributed by atoms with Crippen molar-refractivity contribution < 1.29 is 13.0 Å². The number of aromatic amines is 1. The monoisotopic (exact) mass is 297 g/mol. The van der Waals surface area contributed by atoms with Crippen LogP contribution in [0.25, 0.3) is 22.2 Å². The van der Waals surface area contributed by atoms with Gasteiger partial charge >= 0.3 is 29.6 Å². The molecule has 0 saturated heterocycles. The number of benzene rings is 2. The first-order chi connectivity index (χ1) is 9.04. The molecule has 0 aliphatic heterocycles. The van der Waals surface area contributed by atoms with Gasteiger partial charge in [0.2, 0.25) is 0 Å². The van der Waals surface area contributed by atoms with Crippen molar-refractivity contribution in [2.75, 3.05) is 0 Å². The number of H-pyrrole nitrogens is 1. The summed E-state index contributed by atoms with van der Waals surface area (Å²) in [6.45, 7) is 0. The van der Waals surface area contributed by atoms with E-state index in [1.54, 1.807) is 6.07 Å². The molecule has 0 unspecified atom stereocenters. The summed E-state index contributed by atoms with van der Waals surface area (Å²) in [5.41, 5.74) is 2.75. The Morgan fingerprint density at radius 2 is 1.65 bits per heavy atom. The fraction of sp³-hybridized carbons (Fsp3) is 0. The topological polar surface area (TPSA) is 70.2 Å². The van der Waals surface area contributed by atoms with Gasteiger partial charge in [-0.15, -0.1) is 0 Å². The van der Waals surface area contributed by atoms with E-state index in [4.69, 9.17) is 4.55 Å². The van der Waals surface area contributed by atoms with E-state index in [-0.39, 0.29) is 34.5 Å². The molecule has 2 aromatic carbocycles. The summed E-state index contributed by atoms with van der Waals surface area (Å²) in [4.78, 5) is 3.12. The second-order valence-electron chi connectivity index (χ2n) is 4.27. The van der Waals surface area contributed by atoms with Crippen molar-refractivity contribution in [3.05, 3.63) is 54.6 Å². The van der Waals surface area contributed by atoms with Crippen molar-refractivity contribution >= 4 is 50.6 Å². The zero-order valence-electron chi connectivity index (χ0n) is 9.87. The van der Waals surface area contributed by atoms with Crippen LogP contribution in [0.3, 0.4) is 0 Å². The third-order valence-corrected chi connectivity index (χ3v) is 3.82. The molecule has 0 spiro atoms. The zero-order chi connectivity index (χ0) is 13.5. The molecule has 98 valence electrons. The van der Waals surface area contributed by atoms with Crippen molar-refractivity contribution in [1.82, 2.24) is 4.98 Å². The molecule has 0 amide bonds. The van der Waals surface area contributed by atoms with Gasteiger partial charge in [-0.1, -0.05) is 30.3 Å². The summed E-state index contributed by atoms with van der Waals surface area (Å²) in [6.07, 6.45) is 0. The van der Waals surface area contributed by atoms with Gasteiger partial charge in [0.15, 0.2) is 0 Å². The van der Waals surface area contributed by atoms with Gasteiger partial charge in [-0.3, -0.25) is 4.55 Å². The maximum atomic E-state index is 11.1.